The van der Waals surface area contributed by atoms with Gasteiger partial charge < -0.3 is 14.8 Å². The molecule has 0 aromatic heterocycles. The Hall–Kier alpha value is -2.36. The van der Waals surface area contributed by atoms with Gasteiger partial charge in [0.05, 0.1) is 12.0 Å². The van der Waals surface area contributed by atoms with E-state index in [2.05, 4.69) is 28.2 Å². The molecule has 0 unspecified atom stereocenters. The van der Waals surface area contributed by atoms with Gasteiger partial charge in [0.1, 0.15) is 4.32 Å². The summed E-state index contributed by atoms with van der Waals surface area (Å²) in [5, 5.41) is 2.91. The lowest BCUT2D eigenvalue weighted by atomic mass is 10.1. The highest BCUT2D eigenvalue weighted by Gasteiger charge is 2.31. The van der Waals surface area contributed by atoms with Gasteiger partial charge >= 0.3 is 0 Å². The summed E-state index contributed by atoms with van der Waals surface area (Å²) in [4.78, 5) is 27.4. The fraction of sp³-hybridized carbons (Fsp3) is 0.320. The third-order valence-corrected chi connectivity index (χ3v) is 7.05. The SMILES string of the molecule is CCCCN1C(=O)/C(=C/c2ccc(OCC(=O)Nc3c(C)cc(Br)cc3C)c(OC)c2)SC1=S. The van der Waals surface area contributed by atoms with Crippen LogP contribution in [0.3, 0.4) is 0 Å². The molecule has 0 spiro atoms. The van der Waals surface area contributed by atoms with Crippen molar-refractivity contribution in [2.75, 3.05) is 25.6 Å². The molecule has 2 aromatic carbocycles. The second-order valence-corrected chi connectivity index (χ2v) is 10.4. The fourth-order valence-corrected chi connectivity index (χ4v) is 5.48. The van der Waals surface area contributed by atoms with Crippen molar-refractivity contribution in [2.24, 2.45) is 0 Å². The number of halogens is 1. The number of methoxy groups -OCH3 is 1. The Morgan fingerprint density at radius 3 is 2.56 bits per heavy atom. The summed E-state index contributed by atoms with van der Waals surface area (Å²) in [6.45, 7) is 6.42. The number of nitrogens with one attached hydrogen (secondary N) is 1. The molecule has 0 saturated carbocycles. The molecule has 2 aromatic rings. The number of anilines is 1. The Morgan fingerprint density at radius 1 is 1.21 bits per heavy atom. The van der Waals surface area contributed by atoms with Crippen LogP contribution in [0.2, 0.25) is 0 Å². The molecule has 0 aliphatic carbocycles. The number of hydrogen-bond acceptors (Lipinski definition) is 6. The van der Waals surface area contributed by atoms with E-state index >= 15 is 0 Å². The molecule has 3 rings (SSSR count). The molecule has 1 fully saturated rings. The van der Waals surface area contributed by atoms with Crippen molar-refractivity contribution in [3.05, 3.63) is 56.4 Å². The van der Waals surface area contributed by atoms with Gasteiger partial charge in [-0.25, -0.2) is 0 Å². The van der Waals surface area contributed by atoms with Crippen LogP contribution in [0, 0.1) is 13.8 Å². The van der Waals surface area contributed by atoms with Crippen LogP contribution in [0.5, 0.6) is 11.5 Å². The van der Waals surface area contributed by atoms with Gasteiger partial charge in [0, 0.05) is 16.7 Å². The summed E-state index contributed by atoms with van der Waals surface area (Å²) in [6, 6.07) is 9.21. The molecule has 1 aliphatic heterocycles. The topological polar surface area (TPSA) is 67.9 Å². The number of thioether (sulfide) groups is 1. The first-order valence-electron chi connectivity index (χ1n) is 10.9. The Kier molecular flexibility index (Phi) is 9.16. The van der Waals surface area contributed by atoms with E-state index in [0.29, 0.717) is 27.3 Å². The summed E-state index contributed by atoms with van der Waals surface area (Å²) in [5.41, 5.74) is 3.48. The third-order valence-electron chi connectivity index (χ3n) is 5.21. The molecule has 1 heterocycles. The van der Waals surface area contributed by atoms with Crippen LogP contribution in [0.4, 0.5) is 5.69 Å². The first kappa shape index (κ1) is 26.2. The highest BCUT2D eigenvalue weighted by molar-refractivity contribution is 9.10. The zero-order valence-electron chi connectivity index (χ0n) is 19.6. The number of carbonyl (C=O) groups is 2. The van der Waals surface area contributed by atoms with Gasteiger partial charge in [-0.2, -0.15) is 0 Å². The number of thiocarbonyl (C=S) groups is 1. The van der Waals surface area contributed by atoms with E-state index in [1.54, 1.807) is 23.1 Å². The minimum atomic E-state index is -0.268. The van der Waals surface area contributed by atoms with Crippen LogP contribution in [0.1, 0.15) is 36.5 Å². The molecule has 34 heavy (non-hydrogen) atoms. The van der Waals surface area contributed by atoms with E-state index in [-0.39, 0.29) is 18.4 Å². The van der Waals surface area contributed by atoms with Crippen LogP contribution in [0.15, 0.2) is 39.7 Å². The van der Waals surface area contributed by atoms with Crippen molar-refractivity contribution < 1.29 is 19.1 Å². The highest BCUT2D eigenvalue weighted by atomic mass is 79.9. The first-order chi connectivity index (χ1) is 16.2. The van der Waals surface area contributed by atoms with Gasteiger partial charge in [-0.15, -0.1) is 0 Å². The molecule has 1 aliphatic rings. The molecule has 6 nitrogen and oxygen atoms in total. The van der Waals surface area contributed by atoms with Crippen LogP contribution >= 0.6 is 39.9 Å². The fourth-order valence-electron chi connectivity index (χ4n) is 3.48. The van der Waals surface area contributed by atoms with Crippen LogP contribution < -0.4 is 14.8 Å². The Morgan fingerprint density at radius 2 is 1.91 bits per heavy atom. The maximum atomic E-state index is 12.7. The number of unbranched alkanes of at least 4 members (excludes halogenated alkanes) is 1. The average molecular weight is 564 g/mol. The number of ether oxygens (including phenoxy) is 2. The average Bonchev–Trinajstić information content (AvgIpc) is 3.05. The van der Waals surface area contributed by atoms with Crippen LogP contribution in [0.25, 0.3) is 6.08 Å². The minimum absolute atomic E-state index is 0.0713. The van der Waals surface area contributed by atoms with E-state index in [4.69, 9.17) is 21.7 Å². The van der Waals surface area contributed by atoms with E-state index in [0.717, 1.165) is 39.7 Å². The quantitative estimate of drug-likeness (QED) is 0.294. The molecular formula is C25H27BrN2O4S2. The predicted molar refractivity (Wildman–Crippen MR) is 146 cm³/mol. The number of aryl methyl sites for hydroxylation is 2. The van der Waals surface area contributed by atoms with Gasteiger partial charge in [0.25, 0.3) is 11.8 Å². The van der Waals surface area contributed by atoms with Gasteiger partial charge in [0.2, 0.25) is 0 Å². The van der Waals surface area contributed by atoms with E-state index in [9.17, 15) is 9.59 Å². The molecule has 2 amide bonds. The Labute approximate surface area is 218 Å². The van der Waals surface area contributed by atoms with E-state index in [1.165, 1.54) is 18.9 Å². The van der Waals surface area contributed by atoms with Crippen molar-refractivity contribution in [1.29, 1.82) is 0 Å². The molecule has 0 radical (unpaired) electrons. The van der Waals surface area contributed by atoms with Gasteiger partial charge in [-0.05, 0) is 67.3 Å². The molecule has 9 heteroatoms. The van der Waals surface area contributed by atoms with E-state index in [1.807, 2.05) is 32.0 Å². The van der Waals surface area contributed by atoms with Gasteiger partial charge in [-0.3, -0.25) is 14.5 Å². The number of carbonyl (C=O) groups excluding carboxylic acids is 2. The van der Waals surface area contributed by atoms with Gasteiger partial charge in [-0.1, -0.05) is 59.3 Å². The minimum Gasteiger partial charge on any atom is -0.493 e. The Bertz CT molecular complexity index is 1130. The maximum absolute atomic E-state index is 12.7. The van der Waals surface area contributed by atoms with Crippen molar-refractivity contribution in [2.45, 2.75) is 33.6 Å². The van der Waals surface area contributed by atoms with Crippen LogP contribution in [-0.4, -0.2) is 41.3 Å². The highest BCUT2D eigenvalue weighted by Crippen LogP contribution is 2.35. The zero-order valence-corrected chi connectivity index (χ0v) is 22.8. The number of hydrogen-bond donors (Lipinski definition) is 1. The maximum Gasteiger partial charge on any atom is 0.266 e. The monoisotopic (exact) mass is 562 g/mol. The molecular weight excluding hydrogens is 536 g/mol. The lowest BCUT2D eigenvalue weighted by Gasteiger charge is -2.14. The largest absolute Gasteiger partial charge is 0.493 e. The molecule has 0 bridgehead atoms. The van der Waals surface area contributed by atoms with Gasteiger partial charge in [0.15, 0.2) is 18.1 Å². The van der Waals surface area contributed by atoms with Crippen molar-refractivity contribution >= 4 is 67.8 Å². The second-order valence-electron chi connectivity index (χ2n) is 7.85. The normalized spacial score (nSPS) is 14.6. The lowest BCUT2D eigenvalue weighted by Crippen LogP contribution is -2.28. The van der Waals surface area contributed by atoms with Crippen molar-refractivity contribution in [3.8, 4) is 11.5 Å². The molecule has 1 saturated heterocycles. The molecule has 180 valence electrons. The third kappa shape index (κ3) is 6.40. The molecule has 0 atom stereocenters. The molecule has 1 N–H and O–H groups in total. The number of benzene rings is 2. The summed E-state index contributed by atoms with van der Waals surface area (Å²) in [7, 11) is 1.53. The Balaban J connectivity index is 1.68. The van der Waals surface area contributed by atoms with E-state index < -0.39 is 0 Å². The number of nitrogens with zero attached hydrogens (tertiary/aromatic N) is 1. The van der Waals surface area contributed by atoms with Crippen molar-refractivity contribution in [1.82, 2.24) is 4.90 Å². The summed E-state index contributed by atoms with van der Waals surface area (Å²) < 4.78 is 12.7. The van der Waals surface area contributed by atoms with Crippen molar-refractivity contribution in [3.63, 3.8) is 0 Å². The number of rotatable bonds is 9. The smallest absolute Gasteiger partial charge is 0.266 e. The zero-order chi connectivity index (χ0) is 24.8. The predicted octanol–water partition coefficient (Wildman–Crippen LogP) is 6.09. The first-order valence-corrected chi connectivity index (χ1v) is 12.9. The van der Waals surface area contributed by atoms with Crippen LogP contribution in [-0.2, 0) is 9.59 Å². The number of amides is 2. The summed E-state index contributed by atoms with van der Waals surface area (Å²) >= 11 is 10.1. The second kappa shape index (κ2) is 11.9. The lowest BCUT2D eigenvalue weighted by molar-refractivity contribution is -0.122. The standard InChI is InChI=1S/C25H27BrN2O4S2/c1-5-6-9-28-24(30)21(34-25(28)33)13-17-7-8-19(20(12-17)31-4)32-14-22(29)27-23-15(2)10-18(26)11-16(23)3/h7-8,10-13H,5-6,9,14H2,1-4H3,(H,27,29)/b21-13-. The summed E-state index contributed by atoms with van der Waals surface area (Å²) in [5.74, 6) is 0.571. The summed E-state index contributed by atoms with van der Waals surface area (Å²) in [6.07, 6.45) is 3.70.